The van der Waals surface area contributed by atoms with E-state index in [4.69, 9.17) is 11.6 Å². The first-order valence-corrected chi connectivity index (χ1v) is 8.01. The molecule has 1 aromatic carbocycles. The number of hydrogen-bond donors (Lipinski definition) is 1. The molecule has 0 saturated carbocycles. The fourth-order valence-corrected chi connectivity index (χ4v) is 3.50. The molecule has 3 unspecified atom stereocenters. The summed E-state index contributed by atoms with van der Waals surface area (Å²) in [5.41, 5.74) is 2.70. The van der Waals surface area contributed by atoms with Gasteiger partial charge in [0, 0.05) is 39.9 Å². The summed E-state index contributed by atoms with van der Waals surface area (Å²) in [6.07, 6.45) is 3.94. The fourth-order valence-electron chi connectivity index (χ4n) is 2.50. The first kappa shape index (κ1) is 13.1. The number of halogens is 1. The molecular weight excluding hydrogens is 254 g/mol. The van der Waals surface area contributed by atoms with Crippen molar-refractivity contribution >= 4 is 22.4 Å². The number of benzene rings is 1. The van der Waals surface area contributed by atoms with Crippen molar-refractivity contribution in [2.45, 2.75) is 31.8 Å². The average molecular weight is 272 g/mol. The molecular formula is C13H18ClNOS. The lowest BCUT2D eigenvalue weighted by atomic mass is 10.1. The summed E-state index contributed by atoms with van der Waals surface area (Å²) in [7, 11) is -0.741. The Labute approximate surface area is 110 Å². The molecule has 0 radical (unpaired) electrons. The molecule has 0 aromatic heterocycles. The van der Waals surface area contributed by atoms with Gasteiger partial charge in [-0.05, 0) is 43.0 Å². The number of fused-ring (bicyclic) bond motifs is 1. The van der Waals surface area contributed by atoms with Crippen LogP contribution in [0.15, 0.2) is 18.2 Å². The van der Waals surface area contributed by atoms with Gasteiger partial charge in [-0.25, -0.2) is 0 Å². The summed E-state index contributed by atoms with van der Waals surface area (Å²) >= 11 is 5.99. The quantitative estimate of drug-likeness (QED) is 0.912. The minimum absolute atomic E-state index is 0.285. The van der Waals surface area contributed by atoms with Crippen molar-refractivity contribution in [1.82, 2.24) is 5.32 Å². The molecule has 1 aliphatic carbocycles. The van der Waals surface area contributed by atoms with E-state index in [1.54, 1.807) is 6.26 Å². The van der Waals surface area contributed by atoms with E-state index < -0.39 is 10.8 Å². The highest BCUT2D eigenvalue weighted by atomic mass is 35.5. The van der Waals surface area contributed by atoms with Crippen molar-refractivity contribution in [2.24, 2.45) is 0 Å². The Morgan fingerprint density at radius 3 is 3.06 bits per heavy atom. The molecule has 2 nitrogen and oxygen atoms in total. The van der Waals surface area contributed by atoms with Crippen LogP contribution in [0.25, 0.3) is 0 Å². The van der Waals surface area contributed by atoms with Gasteiger partial charge in [-0.15, -0.1) is 0 Å². The lowest BCUT2D eigenvalue weighted by Crippen LogP contribution is -2.33. The van der Waals surface area contributed by atoms with Crippen molar-refractivity contribution in [3.63, 3.8) is 0 Å². The summed E-state index contributed by atoms with van der Waals surface area (Å²) < 4.78 is 11.2. The molecule has 94 valence electrons. The second kappa shape index (κ2) is 5.51. The van der Waals surface area contributed by atoms with E-state index in [1.807, 2.05) is 6.07 Å². The molecule has 1 aliphatic rings. The molecule has 0 aliphatic heterocycles. The Hall–Kier alpha value is -0.380. The average Bonchev–Trinajstić information content (AvgIpc) is 2.59. The lowest BCUT2D eigenvalue weighted by Gasteiger charge is -2.19. The van der Waals surface area contributed by atoms with Crippen LogP contribution in [-0.4, -0.2) is 22.3 Å². The summed E-state index contributed by atoms with van der Waals surface area (Å²) in [6, 6.07) is 6.79. The van der Waals surface area contributed by atoms with E-state index in [9.17, 15) is 4.21 Å². The fraction of sp³-hybridized carbons (Fsp3) is 0.538. The Morgan fingerprint density at radius 1 is 1.59 bits per heavy atom. The molecule has 4 heteroatoms. The SMILES string of the molecule is CC(CS(C)=O)NC1CCc2cc(Cl)ccc21. The second-order valence-corrected chi connectivity index (χ2v) is 6.66. The Bertz CT molecular complexity index is 435. The van der Waals surface area contributed by atoms with Crippen LogP contribution in [0.4, 0.5) is 0 Å². The number of hydrogen-bond acceptors (Lipinski definition) is 2. The molecule has 0 spiro atoms. The highest BCUT2D eigenvalue weighted by Crippen LogP contribution is 2.33. The maximum absolute atomic E-state index is 11.2. The first-order chi connectivity index (χ1) is 8.06. The van der Waals surface area contributed by atoms with Crippen LogP contribution in [0, 0.1) is 0 Å². The lowest BCUT2D eigenvalue weighted by molar-refractivity contribution is 0.477. The molecule has 0 heterocycles. The van der Waals surface area contributed by atoms with Gasteiger partial charge in [0.05, 0.1) is 0 Å². The zero-order chi connectivity index (χ0) is 12.4. The smallest absolute Gasteiger partial charge is 0.0408 e. The Morgan fingerprint density at radius 2 is 2.35 bits per heavy atom. The summed E-state index contributed by atoms with van der Waals surface area (Å²) in [5, 5.41) is 4.36. The van der Waals surface area contributed by atoms with Gasteiger partial charge in [-0.3, -0.25) is 4.21 Å². The topological polar surface area (TPSA) is 29.1 Å². The molecule has 1 aromatic rings. The highest BCUT2D eigenvalue weighted by Gasteiger charge is 2.23. The van der Waals surface area contributed by atoms with Crippen LogP contribution in [-0.2, 0) is 17.2 Å². The third kappa shape index (κ3) is 3.30. The molecule has 0 amide bonds. The van der Waals surface area contributed by atoms with E-state index in [0.29, 0.717) is 11.8 Å². The molecule has 0 saturated heterocycles. The maximum Gasteiger partial charge on any atom is 0.0408 e. The van der Waals surface area contributed by atoms with E-state index in [2.05, 4.69) is 24.4 Å². The monoisotopic (exact) mass is 271 g/mol. The van der Waals surface area contributed by atoms with Gasteiger partial charge in [-0.1, -0.05) is 17.7 Å². The predicted octanol–water partition coefficient (Wildman–Crippen LogP) is 2.68. The number of nitrogens with one attached hydrogen (secondary N) is 1. The third-order valence-corrected chi connectivity index (χ3v) is 4.36. The van der Waals surface area contributed by atoms with E-state index >= 15 is 0 Å². The zero-order valence-electron chi connectivity index (χ0n) is 10.2. The molecule has 17 heavy (non-hydrogen) atoms. The van der Waals surface area contributed by atoms with E-state index in [1.165, 1.54) is 11.1 Å². The largest absolute Gasteiger partial charge is 0.307 e. The zero-order valence-corrected chi connectivity index (χ0v) is 11.8. The minimum Gasteiger partial charge on any atom is -0.307 e. The standard InChI is InChI=1S/C13H18ClNOS/c1-9(8-17(2)16)15-13-6-3-10-7-11(14)4-5-12(10)13/h4-5,7,9,13,15H,3,6,8H2,1-2H3. The van der Waals surface area contributed by atoms with Crippen molar-refractivity contribution in [1.29, 1.82) is 0 Å². The minimum atomic E-state index is -0.741. The normalized spacial score (nSPS) is 22.2. The van der Waals surface area contributed by atoms with Crippen LogP contribution in [0.5, 0.6) is 0 Å². The first-order valence-electron chi connectivity index (χ1n) is 5.90. The summed E-state index contributed by atoms with van der Waals surface area (Å²) in [6.45, 7) is 2.09. The maximum atomic E-state index is 11.2. The number of rotatable bonds is 4. The van der Waals surface area contributed by atoms with Crippen LogP contribution < -0.4 is 5.32 Å². The molecule has 0 bridgehead atoms. The summed E-state index contributed by atoms with van der Waals surface area (Å²) in [4.78, 5) is 0. The molecule has 2 rings (SSSR count). The van der Waals surface area contributed by atoms with E-state index in [-0.39, 0.29) is 6.04 Å². The van der Waals surface area contributed by atoms with E-state index in [0.717, 1.165) is 17.9 Å². The van der Waals surface area contributed by atoms with Gasteiger partial charge in [-0.2, -0.15) is 0 Å². The van der Waals surface area contributed by atoms with Gasteiger partial charge >= 0.3 is 0 Å². The molecule has 0 fully saturated rings. The summed E-state index contributed by atoms with van der Waals surface area (Å²) in [5.74, 6) is 0.708. The number of aryl methyl sites for hydroxylation is 1. The van der Waals surface area contributed by atoms with Crippen LogP contribution in [0.1, 0.15) is 30.5 Å². The van der Waals surface area contributed by atoms with Gasteiger partial charge < -0.3 is 5.32 Å². The van der Waals surface area contributed by atoms with Gasteiger partial charge in [0.25, 0.3) is 0 Å². The second-order valence-electron chi connectivity index (χ2n) is 4.74. The van der Waals surface area contributed by atoms with Gasteiger partial charge in [0.2, 0.25) is 0 Å². The van der Waals surface area contributed by atoms with Crippen LogP contribution >= 0.6 is 11.6 Å². The van der Waals surface area contributed by atoms with Crippen molar-refractivity contribution < 1.29 is 4.21 Å². The Balaban J connectivity index is 2.04. The van der Waals surface area contributed by atoms with Crippen molar-refractivity contribution in [3.8, 4) is 0 Å². The molecule has 3 atom stereocenters. The highest BCUT2D eigenvalue weighted by molar-refractivity contribution is 7.84. The van der Waals surface area contributed by atoms with Crippen molar-refractivity contribution in [3.05, 3.63) is 34.3 Å². The van der Waals surface area contributed by atoms with Crippen molar-refractivity contribution in [2.75, 3.05) is 12.0 Å². The van der Waals surface area contributed by atoms with Gasteiger partial charge in [0.1, 0.15) is 0 Å². The van der Waals surface area contributed by atoms with Crippen LogP contribution in [0.3, 0.4) is 0 Å². The van der Waals surface area contributed by atoms with Gasteiger partial charge in [0.15, 0.2) is 0 Å². The predicted molar refractivity (Wildman–Crippen MR) is 74.0 cm³/mol. The van der Waals surface area contributed by atoms with Crippen LogP contribution in [0.2, 0.25) is 5.02 Å². The molecule has 1 N–H and O–H groups in total. The third-order valence-electron chi connectivity index (χ3n) is 3.15. The Kier molecular flexibility index (Phi) is 4.23.